The van der Waals surface area contributed by atoms with Gasteiger partial charge in [0.2, 0.25) is 0 Å². The molecule has 0 spiro atoms. The molecule has 0 bridgehead atoms. The maximum Gasteiger partial charge on any atom is 0.418 e. The minimum atomic E-state index is -0.510. The minimum Gasteiger partial charge on any atom is -0.443 e. The van der Waals surface area contributed by atoms with E-state index in [-0.39, 0.29) is 6.09 Å². The van der Waals surface area contributed by atoms with Crippen LogP contribution in [0.1, 0.15) is 26.5 Å². The van der Waals surface area contributed by atoms with Crippen molar-refractivity contribution < 1.29 is 9.53 Å². The molecule has 19 heavy (non-hydrogen) atoms. The van der Waals surface area contributed by atoms with Gasteiger partial charge >= 0.3 is 6.09 Å². The molecule has 0 radical (unpaired) electrons. The lowest BCUT2D eigenvalue weighted by Crippen LogP contribution is -2.27. The molecule has 4 nitrogen and oxygen atoms in total. The molecule has 0 fully saturated rings. The molecule has 0 aliphatic rings. The molecule has 0 saturated carbocycles. The zero-order chi connectivity index (χ0) is 14.0. The highest BCUT2D eigenvalue weighted by Gasteiger charge is 2.19. The summed E-state index contributed by atoms with van der Waals surface area (Å²) < 4.78 is 6.87. The van der Waals surface area contributed by atoms with Gasteiger partial charge in [0.15, 0.2) is 0 Å². The van der Waals surface area contributed by atoms with Gasteiger partial charge in [0, 0.05) is 23.7 Å². The average molecular weight is 258 g/mol. The predicted octanol–water partition coefficient (Wildman–Crippen LogP) is 3.64. The van der Waals surface area contributed by atoms with E-state index in [9.17, 15) is 4.79 Å². The van der Waals surface area contributed by atoms with Gasteiger partial charge in [-0.2, -0.15) is 0 Å². The lowest BCUT2D eigenvalue weighted by atomic mass is 10.2. The fourth-order valence-electron chi connectivity index (χ4n) is 1.71. The molecular weight excluding hydrogens is 240 g/mol. The Morgan fingerprint density at radius 1 is 1.26 bits per heavy atom. The highest BCUT2D eigenvalue weighted by molar-refractivity contribution is 5.78. The van der Waals surface area contributed by atoms with E-state index in [0.29, 0.717) is 0 Å². The van der Waals surface area contributed by atoms with Gasteiger partial charge in [0.1, 0.15) is 5.60 Å². The Labute approximate surface area is 113 Å². The van der Waals surface area contributed by atoms with Crippen molar-refractivity contribution in [3.8, 4) is 11.3 Å². The maximum atomic E-state index is 12.1. The number of hydrogen-bond acceptors (Lipinski definition) is 3. The number of rotatable bonds is 1. The standard InChI is InChI=1S/C15H18N2O2/c1-11-7-8-12(10-16-11)13-6-5-9-17(13)14(18)19-15(2,3)4/h5-10H,1-4H3. The smallest absolute Gasteiger partial charge is 0.418 e. The summed E-state index contributed by atoms with van der Waals surface area (Å²) >= 11 is 0. The molecule has 0 N–H and O–H groups in total. The fraction of sp³-hybridized carbons (Fsp3) is 0.333. The van der Waals surface area contributed by atoms with E-state index >= 15 is 0 Å². The van der Waals surface area contributed by atoms with Crippen molar-refractivity contribution in [1.82, 2.24) is 9.55 Å². The Balaban J connectivity index is 2.32. The summed E-state index contributed by atoms with van der Waals surface area (Å²) in [5.41, 5.74) is 2.10. The van der Waals surface area contributed by atoms with Crippen LogP contribution in [0.15, 0.2) is 36.7 Å². The van der Waals surface area contributed by atoms with Gasteiger partial charge in [-0.3, -0.25) is 9.55 Å². The van der Waals surface area contributed by atoms with Crippen LogP contribution in [0.2, 0.25) is 0 Å². The summed E-state index contributed by atoms with van der Waals surface area (Å²) in [5, 5.41) is 0. The van der Waals surface area contributed by atoms with Crippen molar-refractivity contribution in [3.63, 3.8) is 0 Å². The Hall–Kier alpha value is -2.10. The summed E-state index contributed by atoms with van der Waals surface area (Å²) in [6.07, 6.45) is 3.07. The molecule has 2 aromatic rings. The first-order valence-corrected chi connectivity index (χ1v) is 6.20. The fourth-order valence-corrected chi connectivity index (χ4v) is 1.71. The van der Waals surface area contributed by atoms with Crippen molar-refractivity contribution in [3.05, 3.63) is 42.4 Å². The van der Waals surface area contributed by atoms with Crippen molar-refractivity contribution in [2.45, 2.75) is 33.3 Å². The SMILES string of the molecule is Cc1ccc(-c2cccn2C(=O)OC(C)(C)C)cn1. The second kappa shape index (κ2) is 4.88. The third-order valence-corrected chi connectivity index (χ3v) is 2.55. The van der Waals surface area contributed by atoms with Crippen LogP contribution < -0.4 is 0 Å². The number of pyridine rings is 1. The Kier molecular flexibility index (Phi) is 3.42. The molecule has 0 aliphatic carbocycles. The molecule has 0 aliphatic heterocycles. The number of aromatic nitrogens is 2. The van der Waals surface area contributed by atoms with E-state index in [4.69, 9.17) is 4.74 Å². The van der Waals surface area contributed by atoms with Crippen molar-refractivity contribution >= 4 is 6.09 Å². The highest BCUT2D eigenvalue weighted by atomic mass is 16.6. The van der Waals surface area contributed by atoms with E-state index in [0.717, 1.165) is 17.0 Å². The molecule has 0 amide bonds. The largest absolute Gasteiger partial charge is 0.443 e. The molecular formula is C15H18N2O2. The number of aryl methyl sites for hydroxylation is 1. The topological polar surface area (TPSA) is 44.1 Å². The van der Waals surface area contributed by atoms with Crippen LogP contribution in [0.5, 0.6) is 0 Å². The third-order valence-electron chi connectivity index (χ3n) is 2.55. The molecule has 2 rings (SSSR count). The zero-order valence-corrected chi connectivity index (χ0v) is 11.7. The lowest BCUT2D eigenvalue weighted by molar-refractivity contribution is 0.0540. The number of carbonyl (C=O) groups excluding carboxylic acids is 1. The molecule has 2 heterocycles. The third kappa shape index (κ3) is 3.22. The summed E-state index contributed by atoms with van der Waals surface area (Å²) in [6, 6.07) is 7.55. The van der Waals surface area contributed by atoms with Crippen LogP contribution in [0.3, 0.4) is 0 Å². The maximum absolute atomic E-state index is 12.1. The summed E-state index contributed by atoms with van der Waals surface area (Å²) in [4.78, 5) is 16.3. The van der Waals surface area contributed by atoms with Gasteiger partial charge in [-0.15, -0.1) is 0 Å². The normalized spacial score (nSPS) is 11.4. The van der Waals surface area contributed by atoms with Crippen LogP contribution >= 0.6 is 0 Å². The van der Waals surface area contributed by atoms with Gasteiger partial charge in [0.25, 0.3) is 0 Å². The van der Waals surface area contributed by atoms with E-state index in [1.807, 2.05) is 52.0 Å². The van der Waals surface area contributed by atoms with Crippen LogP contribution in [-0.4, -0.2) is 21.2 Å². The Morgan fingerprint density at radius 3 is 2.58 bits per heavy atom. The predicted molar refractivity (Wildman–Crippen MR) is 74.0 cm³/mol. The number of hydrogen-bond donors (Lipinski definition) is 0. The first-order valence-electron chi connectivity index (χ1n) is 6.20. The van der Waals surface area contributed by atoms with Gasteiger partial charge in [-0.05, 0) is 52.0 Å². The summed E-state index contributed by atoms with van der Waals surface area (Å²) in [7, 11) is 0. The minimum absolute atomic E-state index is 0.381. The molecule has 100 valence electrons. The molecule has 0 atom stereocenters. The van der Waals surface area contributed by atoms with Crippen molar-refractivity contribution in [2.75, 3.05) is 0 Å². The van der Waals surface area contributed by atoms with E-state index < -0.39 is 5.60 Å². The van der Waals surface area contributed by atoms with E-state index in [1.165, 1.54) is 4.57 Å². The summed E-state index contributed by atoms with van der Waals surface area (Å²) in [6.45, 7) is 7.47. The van der Waals surface area contributed by atoms with E-state index in [2.05, 4.69) is 4.98 Å². The number of ether oxygens (including phenoxy) is 1. The highest BCUT2D eigenvalue weighted by Crippen LogP contribution is 2.21. The first-order chi connectivity index (χ1) is 8.87. The van der Waals surface area contributed by atoms with Crippen LogP contribution in [0.25, 0.3) is 11.3 Å². The van der Waals surface area contributed by atoms with Crippen molar-refractivity contribution in [2.24, 2.45) is 0 Å². The monoisotopic (exact) mass is 258 g/mol. The van der Waals surface area contributed by atoms with Gasteiger partial charge in [-0.25, -0.2) is 4.79 Å². The number of nitrogens with zero attached hydrogens (tertiary/aromatic N) is 2. The average Bonchev–Trinajstić information content (AvgIpc) is 2.76. The van der Waals surface area contributed by atoms with Crippen molar-refractivity contribution in [1.29, 1.82) is 0 Å². The zero-order valence-electron chi connectivity index (χ0n) is 11.7. The van der Waals surface area contributed by atoms with Crippen LogP contribution in [0.4, 0.5) is 4.79 Å². The molecule has 0 saturated heterocycles. The van der Waals surface area contributed by atoms with Gasteiger partial charge in [0.05, 0.1) is 5.69 Å². The first kappa shape index (κ1) is 13.3. The molecule has 0 unspecified atom stereocenters. The second-order valence-electron chi connectivity index (χ2n) is 5.43. The van der Waals surface area contributed by atoms with Crippen LogP contribution in [-0.2, 0) is 4.74 Å². The van der Waals surface area contributed by atoms with Crippen LogP contribution in [0, 0.1) is 6.92 Å². The Bertz CT molecular complexity index is 577. The molecule has 2 aromatic heterocycles. The lowest BCUT2D eigenvalue weighted by Gasteiger charge is -2.20. The molecule has 4 heteroatoms. The molecule has 0 aromatic carbocycles. The van der Waals surface area contributed by atoms with E-state index in [1.54, 1.807) is 12.4 Å². The van der Waals surface area contributed by atoms with Gasteiger partial charge in [-0.1, -0.05) is 0 Å². The second-order valence-corrected chi connectivity index (χ2v) is 5.43. The Morgan fingerprint density at radius 2 is 2.00 bits per heavy atom. The quantitative estimate of drug-likeness (QED) is 0.784. The number of carbonyl (C=O) groups is 1. The van der Waals surface area contributed by atoms with Gasteiger partial charge < -0.3 is 4.74 Å². The summed E-state index contributed by atoms with van der Waals surface area (Å²) in [5.74, 6) is 0.